The van der Waals surface area contributed by atoms with Crippen LogP contribution in [0, 0.1) is 0 Å². The number of anilines is 6. The SMILES string of the molecule is c1ccc(-c2ccc(-c3cccc4c5ccccc5n(-c5nc(-c6ccccc6)nc(-c6cccc(-c7ccc(N(c8ccccc8)c8ccccc8)cc7)c6)n5)c34)cc2)cc1.c1ccc(-c2ccc(-c3cccc4c5ccccc5n(-c5nc(-c6ccccc6)nc(-c6cccc(-c7cccc(N(c8ccccc8)c8ccccc8)c7)c6)n5)c34)cc2)cc1. The number of benzene rings is 18. The zero-order valence-corrected chi connectivity index (χ0v) is 67.5. The molecule has 0 aliphatic rings. The maximum atomic E-state index is 5.35. The number of para-hydroxylation sites is 8. The Balaban J connectivity index is 0.000000152. The van der Waals surface area contributed by atoms with Gasteiger partial charge in [0.25, 0.3) is 0 Å². The van der Waals surface area contributed by atoms with Crippen LogP contribution >= 0.6 is 0 Å². The van der Waals surface area contributed by atoms with Crippen molar-refractivity contribution in [1.82, 2.24) is 39.0 Å². The second-order valence-corrected chi connectivity index (χ2v) is 30.6. The number of hydrogen-bond donors (Lipinski definition) is 0. The lowest BCUT2D eigenvalue weighted by Gasteiger charge is -2.26. The Labute approximate surface area is 719 Å². The van der Waals surface area contributed by atoms with Crippen molar-refractivity contribution in [1.29, 1.82) is 0 Å². The zero-order valence-electron chi connectivity index (χ0n) is 67.5. The first-order chi connectivity index (χ1) is 61.5. The van der Waals surface area contributed by atoms with E-state index in [2.05, 4.69) is 444 Å². The third kappa shape index (κ3) is 14.9. The molecule has 0 saturated heterocycles. The van der Waals surface area contributed by atoms with E-state index in [1.165, 1.54) is 22.3 Å². The first-order valence-electron chi connectivity index (χ1n) is 41.7. The lowest BCUT2D eigenvalue weighted by Crippen LogP contribution is -2.09. The van der Waals surface area contributed by atoms with Gasteiger partial charge in [-0.25, -0.2) is 9.97 Å². The maximum absolute atomic E-state index is 5.35. The van der Waals surface area contributed by atoms with Gasteiger partial charge in [-0.05, 0) is 153 Å². The van der Waals surface area contributed by atoms with E-state index in [9.17, 15) is 0 Å². The first-order valence-corrected chi connectivity index (χ1v) is 41.7. The monoisotopic (exact) mass is 1590 g/mol. The molecule has 18 aromatic carbocycles. The van der Waals surface area contributed by atoms with Crippen LogP contribution in [0.1, 0.15) is 0 Å². The molecular formula is C114H78N10. The standard InChI is InChI=1S/2C57H39N5/c1-5-18-40(19-6-1)41-34-36-42(37-35-41)50-31-17-32-52-51-30-13-14-33-53(51)62(54(50)52)57-59-55(43-20-7-2-8-21-43)58-56(60-57)46-24-15-22-44(38-46)45-23-16-29-49(39-45)61(47-25-9-3-10-26-47)48-27-11-4-12-28-48;1-5-17-40(18-6-1)41-31-33-43(34-32-41)50-28-16-29-52-51-27-13-14-30-53(51)62(54(50)52)57-59-55(44-19-7-2-8-20-44)58-56(60-57)46-22-15-21-45(39-46)42-35-37-49(38-36-42)61(47-23-9-3-10-24-47)48-25-11-4-12-26-48/h2*1-39H. The third-order valence-electron chi connectivity index (χ3n) is 22.9. The van der Waals surface area contributed by atoms with E-state index in [1.807, 2.05) is 48.5 Å². The van der Waals surface area contributed by atoms with E-state index in [1.54, 1.807) is 0 Å². The molecule has 0 atom stereocenters. The fourth-order valence-electron chi connectivity index (χ4n) is 17.0. The number of hydrogen-bond acceptors (Lipinski definition) is 8. The average Bonchev–Trinajstić information content (AvgIpc) is 1.58. The van der Waals surface area contributed by atoms with E-state index in [4.69, 9.17) is 29.9 Å². The van der Waals surface area contributed by atoms with Crippen molar-refractivity contribution in [2.45, 2.75) is 0 Å². The molecule has 0 spiro atoms. The molecule has 10 heteroatoms. The maximum Gasteiger partial charge on any atom is 0.238 e. The highest BCUT2D eigenvalue weighted by Gasteiger charge is 2.25. The van der Waals surface area contributed by atoms with Gasteiger partial charge in [0.2, 0.25) is 11.9 Å². The Morgan fingerprint density at radius 2 is 0.395 bits per heavy atom. The summed E-state index contributed by atoms with van der Waals surface area (Å²) in [7, 11) is 0. The summed E-state index contributed by atoms with van der Waals surface area (Å²) in [5.74, 6) is 3.53. The molecule has 4 heterocycles. The minimum atomic E-state index is 0.558. The molecule has 124 heavy (non-hydrogen) atoms. The molecule has 0 bridgehead atoms. The molecule has 584 valence electrons. The number of fused-ring (bicyclic) bond motifs is 6. The van der Waals surface area contributed by atoms with Crippen LogP contribution in [0.3, 0.4) is 0 Å². The van der Waals surface area contributed by atoms with E-state index in [0.717, 1.165) is 144 Å². The van der Waals surface area contributed by atoms with Crippen molar-refractivity contribution in [2.24, 2.45) is 0 Å². The van der Waals surface area contributed by atoms with Gasteiger partial charge in [0.1, 0.15) is 0 Å². The molecule has 0 aliphatic heterocycles. The molecule has 22 aromatic rings. The third-order valence-corrected chi connectivity index (χ3v) is 22.9. The van der Waals surface area contributed by atoms with Gasteiger partial charge in [0.05, 0.1) is 22.1 Å². The highest BCUT2D eigenvalue weighted by atomic mass is 15.2. The van der Waals surface area contributed by atoms with Gasteiger partial charge < -0.3 is 9.80 Å². The normalized spacial score (nSPS) is 11.2. The summed E-state index contributed by atoms with van der Waals surface area (Å²) in [6.45, 7) is 0. The van der Waals surface area contributed by atoms with Crippen LogP contribution in [0.5, 0.6) is 0 Å². The van der Waals surface area contributed by atoms with Crippen LogP contribution in [0.25, 0.3) is 168 Å². The highest BCUT2D eigenvalue weighted by Crippen LogP contribution is 2.44. The second-order valence-electron chi connectivity index (χ2n) is 30.6. The average molecular weight is 1590 g/mol. The summed E-state index contributed by atoms with van der Waals surface area (Å²) in [4.78, 5) is 36.1. The van der Waals surface area contributed by atoms with Crippen molar-refractivity contribution in [2.75, 3.05) is 9.80 Å². The molecule has 0 fully saturated rings. The Morgan fingerprint density at radius 3 is 0.790 bits per heavy atom. The summed E-state index contributed by atoms with van der Waals surface area (Å²) >= 11 is 0. The van der Waals surface area contributed by atoms with Crippen LogP contribution in [-0.4, -0.2) is 39.0 Å². The number of rotatable bonds is 18. The quantitative estimate of drug-likeness (QED) is 0.0839. The molecule has 0 unspecified atom stereocenters. The fraction of sp³-hybridized carbons (Fsp3) is 0. The predicted octanol–water partition coefficient (Wildman–Crippen LogP) is 29.5. The summed E-state index contributed by atoms with van der Waals surface area (Å²) < 4.78 is 4.44. The van der Waals surface area contributed by atoms with Gasteiger partial charge in [0, 0.05) is 89.0 Å². The minimum Gasteiger partial charge on any atom is -0.311 e. The van der Waals surface area contributed by atoms with Gasteiger partial charge in [-0.3, -0.25) is 9.13 Å². The van der Waals surface area contributed by atoms with Crippen LogP contribution in [-0.2, 0) is 0 Å². The second kappa shape index (κ2) is 33.5. The minimum absolute atomic E-state index is 0.558. The molecule has 0 aliphatic carbocycles. The summed E-state index contributed by atoms with van der Waals surface area (Å²) in [6.07, 6.45) is 0. The molecule has 0 amide bonds. The van der Waals surface area contributed by atoms with Crippen molar-refractivity contribution in [3.05, 3.63) is 473 Å². The molecular weight excluding hydrogens is 1510 g/mol. The Morgan fingerprint density at radius 1 is 0.153 bits per heavy atom. The van der Waals surface area contributed by atoms with E-state index >= 15 is 0 Å². The van der Waals surface area contributed by atoms with Crippen molar-refractivity contribution < 1.29 is 0 Å². The Hall–Kier alpha value is -16.8. The van der Waals surface area contributed by atoms with Crippen molar-refractivity contribution in [3.8, 4) is 124 Å². The highest BCUT2D eigenvalue weighted by molar-refractivity contribution is 6.15. The van der Waals surface area contributed by atoms with E-state index in [0.29, 0.717) is 35.2 Å². The van der Waals surface area contributed by atoms with Gasteiger partial charge in [-0.1, -0.05) is 376 Å². The van der Waals surface area contributed by atoms with Crippen LogP contribution in [0.15, 0.2) is 473 Å². The molecule has 22 rings (SSSR count). The lowest BCUT2D eigenvalue weighted by molar-refractivity contribution is 0.953. The summed E-state index contributed by atoms with van der Waals surface area (Å²) in [5, 5.41) is 4.54. The predicted molar refractivity (Wildman–Crippen MR) is 512 cm³/mol. The number of aromatic nitrogens is 8. The molecule has 0 saturated carbocycles. The van der Waals surface area contributed by atoms with Gasteiger partial charge in [0.15, 0.2) is 23.3 Å². The van der Waals surface area contributed by atoms with Crippen LogP contribution in [0.2, 0.25) is 0 Å². The Kier molecular flexibility index (Phi) is 20.2. The summed E-state index contributed by atoms with van der Waals surface area (Å²) in [5.41, 5.74) is 27.8. The van der Waals surface area contributed by atoms with E-state index in [-0.39, 0.29) is 0 Å². The van der Waals surface area contributed by atoms with Gasteiger partial charge >= 0.3 is 0 Å². The van der Waals surface area contributed by atoms with E-state index < -0.39 is 0 Å². The molecule has 4 aromatic heterocycles. The number of nitrogens with zero attached hydrogens (tertiary/aromatic N) is 10. The van der Waals surface area contributed by atoms with Crippen molar-refractivity contribution >= 4 is 77.7 Å². The van der Waals surface area contributed by atoms with Gasteiger partial charge in [-0.15, -0.1) is 0 Å². The van der Waals surface area contributed by atoms with Crippen LogP contribution < -0.4 is 9.80 Å². The Bertz CT molecular complexity index is 7470. The molecule has 10 nitrogen and oxygen atoms in total. The topological polar surface area (TPSA) is 93.7 Å². The summed E-state index contributed by atoms with van der Waals surface area (Å²) in [6, 6.07) is 166. The first kappa shape index (κ1) is 74.7. The smallest absolute Gasteiger partial charge is 0.238 e. The van der Waals surface area contributed by atoms with Crippen molar-refractivity contribution in [3.63, 3.8) is 0 Å². The molecule has 0 N–H and O–H groups in total. The zero-order chi connectivity index (χ0) is 82.5. The fourth-order valence-corrected chi connectivity index (χ4v) is 17.0. The molecule has 0 radical (unpaired) electrons. The van der Waals surface area contributed by atoms with Crippen LogP contribution in [0.4, 0.5) is 34.1 Å². The van der Waals surface area contributed by atoms with Gasteiger partial charge in [-0.2, -0.15) is 19.9 Å². The lowest BCUT2D eigenvalue weighted by atomic mass is 9.98. The largest absolute Gasteiger partial charge is 0.311 e.